The first-order valence-electron chi connectivity index (χ1n) is 3.65. The van der Waals surface area contributed by atoms with Crippen molar-refractivity contribution in [3.05, 3.63) is 0 Å². The summed E-state index contributed by atoms with van der Waals surface area (Å²) in [6.45, 7) is 0.674. The Hall–Kier alpha value is -0.0631. The fraction of sp³-hybridized carbons (Fsp3) is 0.833. The molecule has 0 aromatic rings. The molecule has 0 N–H and O–H groups in total. The van der Waals surface area contributed by atoms with Gasteiger partial charge in [-0.3, -0.25) is 0 Å². The van der Waals surface area contributed by atoms with Crippen molar-refractivity contribution in [3.8, 4) is 0 Å². The Kier molecular flexibility index (Phi) is 2.92. The number of hydrogen-bond acceptors (Lipinski definition) is 3. The highest BCUT2D eigenvalue weighted by Crippen LogP contribution is 2.23. The van der Waals surface area contributed by atoms with E-state index in [4.69, 9.17) is 21.1 Å². The molecular weight excluding hydrogens is 184 g/mol. The summed E-state index contributed by atoms with van der Waals surface area (Å²) in [5.74, 6) is 0. The Morgan fingerprint density at radius 2 is 2.36 bits per heavy atom. The number of halogens is 1. The van der Waals surface area contributed by atoms with E-state index in [9.17, 15) is 4.79 Å². The summed E-state index contributed by atoms with van der Waals surface area (Å²) in [6, 6.07) is 0. The van der Waals surface area contributed by atoms with E-state index >= 15 is 0 Å². The Morgan fingerprint density at radius 1 is 1.64 bits per heavy atom. The minimum atomic E-state index is -0.762. The lowest BCUT2D eigenvalue weighted by Gasteiger charge is -2.32. The molecule has 0 amide bonds. The van der Waals surface area contributed by atoms with Crippen molar-refractivity contribution >= 4 is 27.3 Å². The van der Waals surface area contributed by atoms with Gasteiger partial charge in [-0.25, -0.2) is 4.79 Å². The van der Waals surface area contributed by atoms with E-state index in [1.54, 1.807) is 0 Å². The molecule has 0 spiro atoms. The van der Waals surface area contributed by atoms with Crippen LogP contribution in [0.15, 0.2) is 0 Å². The lowest BCUT2D eigenvalue weighted by molar-refractivity contribution is -0.157. The van der Waals surface area contributed by atoms with Gasteiger partial charge in [0.25, 0.3) is 0 Å². The predicted molar refractivity (Wildman–Crippen MR) is 44.8 cm³/mol. The number of ether oxygens (including phenoxy) is 2. The monoisotopic (exact) mass is 194 g/mol. The Bertz CT molecular complexity index is 156. The van der Waals surface area contributed by atoms with Gasteiger partial charge in [0, 0.05) is 18.0 Å². The third-order valence-electron chi connectivity index (χ3n) is 1.73. The zero-order valence-electron chi connectivity index (χ0n) is 6.43. The van der Waals surface area contributed by atoms with Gasteiger partial charge in [-0.15, -0.1) is 0 Å². The van der Waals surface area contributed by atoms with Crippen LogP contribution in [0.25, 0.3) is 0 Å². The van der Waals surface area contributed by atoms with Crippen LogP contribution in [0.4, 0.5) is 4.79 Å². The van der Waals surface area contributed by atoms with Gasteiger partial charge in [0.2, 0.25) is 0 Å². The fourth-order valence-corrected chi connectivity index (χ4v) is 2.19. The maximum Gasteiger partial charge on any atom is 0.405 e. The van der Waals surface area contributed by atoms with Gasteiger partial charge in [0.1, 0.15) is 0 Å². The molecular formula is C6H11ClO3Si. The van der Waals surface area contributed by atoms with Gasteiger partial charge in [0.05, 0.1) is 16.8 Å². The summed E-state index contributed by atoms with van der Waals surface area (Å²) in [6.07, 6.45) is 2.88. The summed E-state index contributed by atoms with van der Waals surface area (Å²) in [4.78, 5) is 10.4. The molecule has 1 heterocycles. The molecule has 0 saturated carbocycles. The molecule has 1 rings (SSSR count). The Morgan fingerprint density at radius 3 is 2.82 bits per heavy atom. The SMILES string of the molecule is O=C(Cl)OC1([SiH3])CCCCO1. The van der Waals surface area contributed by atoms with Crippen molar-refractivity contribution < 1.29 is 14.3 Å². The van der Waals surface area contributed by atoms with Crippen LogP contribution in [-0.2, 0) is 9.47 Å². The second-order valence-corrected chi connectivity index (χ2v) is 4.61. The average molecular weight is 195 g/mol. The van der Waals surface area contributed by atoms with Crippen LogP contribution < -0.4 is 0 Å². The molecule has 1 aliphatic rings. The largest absolute Gasteiger partial charge is 0.426 e. The van der Waals surface area contributed by atoms with E-state index in [1.165, 1.54) is 0 Å². The van der Waals surface area contributed by atoms with Crippen LogP contribution >= 0.6 is 11.6 Å². The second kappa shape index (κ2) is 3.56. The topological polar surface area (TPSA) is 35.5 Å². The molecule has 3 nitrogen and oxygen atoms in total. The molecule has 1 atom stereocenters. The highest BCUT2D eigenvalue weighted by molar-refractivity contribution is 6.61. The maximum atomic E-state index is 10.4. The smallest absolute Gasteiger partial charge is 0.405 e. The summed E-state index contributed by atoms with van der Waals surface area (Å²) in [5, 5.41) is 0. The molecule has 0 bridgehead atoms. The van der Waals surface area contributed by atoms with Crippen molar-refractivity contribution in [2.24, 2.45) is 0 Å². The van der Waals surface area contributed by atoms with Gasteiger partial charge in [0.15, 0.2) is 5.41 Å². The lowest BCUT2D eigenvalue weighted by Crippen LogP contribution is -2.40. The third kappa shape index (κ3) is 2.81. The summed E-state index contributed by atoms with van der Waals surface area (Å²) in [5.41, 5.74) is -1.40. The number of hydrogen-bond donors (Lipinski definition) is 0. The zero-order chi connectivity index (χ0) is 8.32. The van der Waals surface area contributed by atoms with Crippen molar-refractivity contribution in [1.29, 1.82) is 0 Å². The Balaban J connectivity index is 2.43. The van der Waals surface area contributed by atoms with E-state index in [-0.39, 0.29) is 0 Å². The van der Waals surface area contributed by atoms with Crippen LogP contribution in [0.5, 0.6) is 0 Å². The molecule has 0 aromatic heterocycles. The summed E-state index contributed by atoms with van der Waals surface area (Å²) in [7, 11) is 0.678. The first-order valence-corrected chi connectivity index (χ1v) is 5.03. The molecule has 5 heteroatoms. The van der Waals surface area contributed by atoms with Crippen molar-refractivity contribution in [2.45, 2.75) is 24.7 Å². The first-order chi connectivity index (χ1) is 5.12. The minimum Gasteiger partial charge on any atom is -0.426 e. The standard InChI is InChI=1S/C6H11ClO3Si/c7-5(8)10-6(11)3-1-2-4-9-6/h1-4H2,11H3. The maximum absolute atomic E-state index is 10.4. The van der Waals surface area contributed by atoms with E-state index in [2.05, 4.69) is 0 Å². The Labute approximate surface area is 73.4 Å². The average Bonchev–Trinajstić information content (AvgIpc) is 1.85. The van der Waals surface area contributed by atoms with E-state index in [1.807, 2.05) is 0 Å². The minimum absolute atomic E-state index is 0.642. The number of rotatable bonds is 1. The number of carbonyl (C=O) groups excluding carboxylic acids is 1. The zero-order valence-corrected chi connectivity index (χ0v) is 9.19. The molecule has 1 unspecified atom stereocenters. The molecule has 11 heavy (non-hydrogen) atoms. The highest BCUT2D eigenvalue weighted by Gasteiger charge is 2.30. The molecule has 1 saturated heterocycles. The second-order valence-electron chi connectivity index (χ2n) is 2.78. The molecule has 1 aliphatic heterocycles. The lowest BCUT2D eigenvalue weighted by atomic mass is 10.2. The van der Waals surface area contributed by atoms with Crippen molar-refractivity contribution in [1.82, 2.24) is 0 Å². The summed E-state index contributed by atoms with van der Waals surface area (Å²) >= 11 is 5.08. The van der Waals surface area contributed by atoms with Crippen LogP contribution in [0.3, 0.4) is 0 Å². The third-order valence-corrected chi connectivity index (χ3v) is 2.80. The van der Waals surface area contributed by atoms with Crippen LogP contribution in [0.2, 0.25) is 0 Å². The predicted octanol–water partition coefficient (Wildman–Crippen LogP) is 0.581. The van der Waals surface area contributed by atoms with Gasteiger partial charge >= 0.3 is 5.43 Å². The quantitative estimate of drug-likeness (QED) is 0.453. The molecule has 64 valence electrons. The van der Waals surface area contributed by atoms with Crippen molar-refractivity contribution in [2.75, 3.05) is 6.61 Å². The van der Waals surface area contributed by atoms with E-state index < -0.39 is 10.8 Å². The number of carbonyl (C=O) groups is 1. The van der Waals surface area contributed by atoms with Crippen LogP contribution in [0, 0.1) is 0 Å². The van der Waals surface area contributed by atoms with Gasteiger partial charge in [-0.2, -0.15) is 0 Å². The van der Waals surface area contributed by atoms with E-state index in [0.29, 0.717) is 16.8 Å². The molecule has 0 radical (unpaired) electrons. The molecule has 0 aromatic carbocycles. The van der Waals surface area contributed by atoms with Crippen LogP contribution in [0.1, 0.15) is 19.3 Å². The molecule has 0 aliphatic carbocycles. The van der Waals surface area contributed by atoms with Gasteiger partial charge < -0.3 is 9.47 Å². The first kappa shape index (κ1) is 9.03. The van der Waals surface area contributed by atoms with E-state index in [0.717, 1.165) is 19.3 Å². The summed E-state index contributed by atoms with van der Waals surface area (Å²) < 4.78 is 10.2. The normalized spacial score (nSPS) is 31.7. The highest BCUT2D eigenvalue weighted by atomic mass is 35.5. The molecule has 1 fully saturated rings. The van der Waals surface area contributed by atoms with Gasteiger partial charge in [-0.1, -0.05) is 0 Å². The fourth-order valence-electron chi connectivity index (χ4n) is 1.16. The van der Waals surface area contributed by atoms with Crippen LogP contribution in [-0.4, -0.2) is 27.7 Å². The van der Waals surface area contributed by atoms with Crippen molar-refractivity contribution in [3.63, 3.8) is 0 Å². The van der Waals surface area contributed by atoms with Gasteiger partial charge in [-0.05, 0) is 12.8 Å².